The molecule has 19 heavy (non-hydrogen) atoms. The average Bonchev–Trinajstić information content (AvgIpc) is 2.68. The van der Waals surface area contributed by atoms with Gasteiger partial charge in [-0.2, -0.15) is 0 Å². The fourth-order valence-electron chi connectivity index (χ4n) is 3.19. The zero-order valence-corrected chi connectivity index (χ0v) is 12.0. The van der Waals surface area contributed by atoms with Crippen LogP contribution in [0.2, 0.25) is 0 Å². The number of nitrogens with zero attached hydrogens (tertiary/aromatic N) is 1. The highest BCUT2D eigenvalue weighted by molar-refractivity contribution is 7.90. The quantitative estimate of drug-likeness (QED) is 0.890. The molecular weight excluding hydrogens is 260 g/mol. The molecule has 1 N–H and O–H groups in total. The van der Waals surface area contributed by atoms with Gasteiger partial charge in [-0.05, 0) is 31.4 Å². The molecule has 2 aliphatic heterocycles. The highest BCUT2D eigenvalue weighted by atomic mass is 32.2. The van der Waals surface area contributed by atoms with Crippen LogP contribution in [0.4, 0.5) is 5.69 Å². The van der Waals surface area contributed by atoms with Crippen LogP contribution in [0, 0.1) is 0 Å². The van der Waals surface area contributed by atoms with Crippen molar-refractivity contribution >= 4 is 15.5 Å². The van der Waals surface area contributed by atoms with E-state index in [0.29, 0.717) is 17.0 Å². The summed E-state index contributed by atoms with van der Waals surface area (Å²) in [5.74, 6) is 0. The van der Waals surface area contributed by atoms with Crippen molar-refractivity contribution in [1.82, 2.24) is 5.32 Å². The minimum Gasteiger partial charge on any atom is -0.369 e. The third kappa shape index (κ3) is 2.62. The van der Waals surface area contributed by atoms with Crippen molar-refractivity contribution in [1.29, 1.82) is 0 Å². The van der Waals surface area contributed by atoms with Gasteiger partial charge in [-0.15, -0.1) is 0 Å². The van der Waals surface area contributed by atoms with Gasteiger partial charge in [0.2, 0.25) is 0 Å². The van der Waals surface area contributed by atoms with Crippen molar-refractivity contribution in [2.75, 3.05) is 24.2 Å². The van der Waals surface area contributed by atoms with E-state index >= 15 is 0 Å². The third-order valence-corrected chi connectivity index (χ3v) is 5.27. The van der Waals surface area contributed by atoms with Gasteiger partial charge in [0.25, 0.3) is 0 Å². The lowest BCUT2D eigenvalue weighted by atomic mass is 10.1. The summed E-state index contributed by atoms with van der Waals surface area (Å²) in [6.07, 6.45) is 4.83. The number of anilines is 1. The summed E-state index contributed by atoms with van der Waals surface area (Å²) in [5.41, 5.74) is 0.861. The number of hydrogen-bond acceptors (Lipinski definition) is 4. The van der Waals surface area contributed by atoms with Crippen LogP contribution in [0.5, 0.6) is 0 Å². The van der Waals surface area contributed by atoms with Crippen LogP contribution in [0.25, 0.3) is 0 Å². The molecule has 2 unspecified atom stereocenters. The van der Waals surface area contributed by atoms with E-state index in [0.717, 1.165) is 25.2 Å². The Balaban J connectivity index is 1.94. The first-order chi connectivity index (χ1) is 9.04. The molecule has 3 rings (SSSR count). The van der Waals surface area contributed by atoms with Gasteiger partial charge in [0.15, 0.2) is 9.84 Å². The standard InChI is InChI=1S/C14H20N2O2S/c1-19(17,18)14-5-3-2-4-13(14)16-9-8-11-6-7-12(10-16)15-11/h2-5,11-12,15H,6-10H2,1H3. The molecule has 0 saturated carbocycles. The summed E-state index contributed by atoms with van der Waals surface area (Å²) in [6, 6.07) is 8.46. The second-order valence-corrected chi connectivity index (χ2v) is 7.60. The second kappa shape index (κ2) is 4.80. The monoisotopic (exact) mass is 280 g/mol. The second-order valence-electron chi connectivity index (χ2n) is 5.61. The summed E-state index contributed by atoms with van der Waals surface area (Å²) < 4.78 is 23.8. The Morgan fingerprint density at radius 1 is 1.16 bits per heavy atom. The molecule has 1 aromatic carbocycles. The van der Waals surface area contributed by atoms with Crippen molar-refractivity contribution in [2.45, 2.75) is 36.2 Å². The minimum absolute atomic E-state index is 0.452. The van der Waals surface area contributed by atoms with Gasteiger partial charge in [0, 0.05) is 31.4 Å². The van der Waals surface area contributed by atoms with Crippen molar-refractivity contribution in [3.8, 4) is 0 Å². The van der Waals surface area contributed by atoms with Crippen molar-refractivity contribution < 1.29 is 8.42 Å². The number of rotatable bonds is 2. The van der Waals surface area contributed by atoms with Crippen LogP contribution in [-0.4, -0.2) is 39.8 Å². The Morgan fingerprint density at radius 3 is 2.68 bits per heavy atom. The number of hydrogen-bond donors (Lipinski definition) is 1. The summed E-state index contributed by atoms with van der Waals surface area (Å²) in [7, 11) is -3.17. The fraction of sp³-hybridized carbons (Fsp3) is 0.571. The summed E-state index contributed by atoms with van der Waals surface area (Å²) >= 11 is 0. The van der Waals surface area contributed by atoms with Crippen molar-refractivity contribution in [2.24, 2.45) is 0 Å². The Morgan fingerprint density at radius 2 is 1.89 bits per heavy atom. The van der Waals surface area contributed by atoms with Gasteiger partial charge in [-0.1, -0.05) is 12.1 Å². The third-order valence-electron chi connectivity index (χ3n) is 4.13. The topological polar surface area (TPSA) is 49.4 Å². The Hall–Kier alpha value is -1.07. The molecule has 2 fully saturated rings. The molecule has 2 saturated heterocycles. The predicted octanol–water partition coefficient (Wildman–Crippen LogP) is 1.42. The van der Waals surface area contributed by atoms with E-state index in [2.05, 4.69) is 10.2 Å². The van der Waals surface area contributed by atoms with E-state index in [9.17, 15) is 8.42 Å². The number of sulfone groups is 1. The van der Waals surface area contributed by atoms with Crippen LogP contribution in [0.1, 0.15) is 19.3 Å². The molecule has 1 aromatic rings. The van der Waals surface area contributed by atoms with Crippen molar-refractivity contribution in [3.63, 3.8) is 0 Å². The molecule has 2 heterocycles. The van der Waals surface area contributed by atoms with Gasteiger partial charge in [-0.25, -0.2) is 8.42 Å². The molecule has 2 atom stereocenters. The molecular formula is C14H20N2O2S. The van der Waals surface area contributed by atoms with Gasteiger partial charge in [-0.3, -0.25) is 0 Å². The summed E-state index contributed by atoms with van der Waals surface area (Å²) in [4.78, 5) is 2.68. The maximum atomic E-state index is 11.9. The maximum Gasteiger partial charge on any atom is 0.177 e. The number of para-hydroxylation sites is 1. The molecule has 0 aliphatic carbocycles. The van der Waals surface area contributed by atoms with Crippen LogP contribution in [0.3, 0.4) is 0 Å². The summed E-state index contributed by atoms with van der Waals surface area (Å²) in [6.45, 7) is 1.84. The minimum atomic E-state index is -3.17. The van der Waals surface area contributed by atoms with E-state index < -0.39 is 9.84 Å². The van der Waals surface area contributed by atoms with Crippen molar-refractivity contribution in [3.05, 3.63) is 24.3 Å². The molecule has 2 aliphatic rings. The zero-order valence-electron chi connectivity index (χ0n) is 11.2. The van der Waals surface area contributed by atoms with Crippen LogP contribution >= 0.6 is 0 Å². The molecule has 0 amide bonds. The lowest BCUT2D eigenvalue weighted by molar-refractivity contribution is 0.563. The first-order valence-electron chi connectivity index (χ1n) is 6.84. The molecule has 5 heteroatoms. The highest BCUT2D eigenvalue weighted by Crippen LogP contribution is 2.29. The van der Waals surface area contributed by atoms with Crippen LogP contribution in [-0.2, 0) is 9.84 Å². The van der Waals surface area contributed by atoms with E-state index in [1.54, 1.807) is 12.1 Å². The molecule has 4 nitrogen and oxygen atoms in total. The Bertz CT molecular complexity index is 571. The molecule has 2 bridgehead atoms. The number of fused-ring (bicyclic) bond motifs is 2. The SMILES string of the molecule is CS(=O)(=O)c1ccccc1N1CCC2CCC(C1)N2. The molecule has 0 spiro atoms. The van der Waals surface area contributed by atoms with Crippen LogP contribution in [0.15, 0.2) is 29.2 Å². The van der Waals surface area contributed by atoms with Gasteiger partial charge < -0.3 is 10.2 Å². The molecule has 104 valence electrons. The predicted molar refractivity (Wildman–Crippen MR) is 76.3 cm³/mol. The number of benzene rings is 1. The van der Waals surface area contributed by atoms with E-state index in [1.807, 2.05) is 12.1 Å². The maximum absolute atomic E-state index is 11.9. The zero-order chi connectivity index (χ0) is 13.5. The number of nitrogens with one attached hydrogen (secondary N) is 1. The smallest absolute Gasteiger partial charge is 0.177 e. The normalized spacial score (nSPS) is 27.3. The first-order valence-corrected chi connectivity index (χ1v) is 8.73. The molecule has 0 aromatic heterocycles. The highest BCUT2D eigenvalue weighted by Gasteiger charge is 2.30. The van der Waals surface area contributed by atoms with Gasteiger partial charge >= 0.3 is 0 Å². The lowest BCUT2D eigenvalue weighted by Gasteiger charge is -2.28. The largest absolute Gasteiger partial charge is 0.369 e. The fourth-order valence-corrected chi connectivity index (χ4v) is 4.10. The first kappa shape index (κ1) is 12.9. The van der Waals surface area contributed by atoms with E-state index in [4.69, 9.17) is 0 Å². The van der Waals surface area contributed by atoms with E-state index in [1.165, 1.54) is 19.1 Å². The Labute approximate surface area is 114 Å². The van der Waals surface area contributed by atoms with Gasteiger partial charge in [0.1, 0.15) is 0 Å². The Kier molecular flexibility index (Phi) is 3.27. The molecule has 0 radical (unpaired) electrons. The average molecular weight is 280 g/mol. The lowest BCUT2D eigenvalue weighted by Crippen LogP contribution is -2.35. The van der Waals surface area contributed by atoms with Crippen LogP contribution < -0.4 is 10.2 Å². The summed E-state index contributed by atoms with van der Waals surface area (Å²) in [5, 5.41) is 3.62. The van der Waals surface area contributed by atoms with Gasteiger partial charge in [0.05, 0.1) is 10.6 Å². The van der Waals surface area contributed by atoms with E-state index in [-0.39, 0.29) is 0 Å².